The van der Waals surface area contributed by atoms with Crippen molar-refractivity contribution >= 4 is 26.8 Å². The summed E-state index contributed by atoms with van der Waals surface area (Å²) in [7, 11) is 0. The number of piperidine rings is 1. The normalized spacial score (nSPS) is 26.8. The van der Waals surface area contributed by atoms with E-state index in [4.69, 9.17) is 0 Å². The second-order valence-corrected chi connectivity index (χ2v) is 9.48. The van der Waals surface area contributed by atoms with E-state index in [0.717, 1.165) is 41.5 Å². The number of halogens is 1. The summed E-state index contributed by atoms with van der Waals surface area (Å²) in [5.74, 6) is 0.249. The van der Waals surface area contributed by atoms with Gasteiger partial charge in [-0.05, 0) is 54.4 Å². The molecular formula is C24H25BrN2O2. The minimum atomic E-state index is -0.924. The number of nitrogens with one attached hydrogen (secondary N) is 1. The molecule has 2 aliphatic rings. The standard InChI is InChI=1S/C24H25BrN2O2/c1-2-9-27-10-8-23(16-4-3-5-18(28)11-16)14-22-20(13-24(23,29)15-27)19-12-17(25)6-7-21(19)26-22/h2-7,11-12,26,28-29H,1,8-10,13-15H2. The lowest BCUT2D eigenvalue weighted by Gasteiger charge is -2.56. The summed E-state index contributed by atoms with van der Waals surface area (Å²) in [6, 6.07) is 13.7. The van der Waals surface area contributed by atoms with Crippen LogP contribution >= 0.6 is 15.9 Å². The van der Waals surface area contributed by atoms with Gasteiger partial charge < -0.3 is 15.2 Å². The Labute approximate surface area is 179 Å². The van der Waals surface area contributed by atoms with E-state index in [0.29, 0.717) is 13.0 Å². The Hall–Kier alpha value is -2.08. The summed E-state index contributed by atoms with van der Waals surface area (Å²) < 4.78 is 1.04. The summed E-state index contributed by atoms with van der Waals surface area (Å²) in [5, 5.41) is 23.5. The Balaban J connectivity index is 1.70. The summed E-state index contributed by atoms with van der Waals surface area (Å²) in [6.45, 7) is 6.13. The number of H-pyrrole nitrogens is 1. The highest BCUT2D eigenvalue weighted by atomic mass is 79.9. The lowest BCUT2D eigenvalue weighted by molar-refractivity contribution is -0.100. The first-order valence-electron chi connectivity index (χ1n) is 10.1. The highest BCUT2D eigenvalue weighted by molar-refractivity contribution is 9.10. The molecular weight excluding hydrogens is 428 g/mol. The van der Waals surface area contributed by atoms with Gasteiger partial charge in [-0.25, -0.2) is 0 Å². The van der Waals surface area contributed by atoms with Gasteiger partial charge in [0.05, 0.1) is 5.60 Å². The molecule has 5 heteroatoms. The average molecular weight is 453 g/mol. The molecule has 0 bridgehead atoms. The molecule has 3 N–H and O–H groups in total. The number of likely N-dealkylation sites (tertiary alicyclic amines) is 1. The third-order valence-electron chi connectivity index (χ3n) is 6.92. The van der Waals surface area contributed by atoms with E-state index in [1.807, 2.05) is 24.3 Å². The van der Waals surface area contributed by atoms with Crippen LogP contribution < -0.4 is 0 Å². The Bertz CT molecular complexity index is 1110. The molecule has 3 aromatic rings. The fourth-order valence-corrected chi connectivity index (χ4v) is 5.90. The van der Waals surface area contributed by atoms with Gasteiger partial charge in [-0.3, -0.25) is 4.90 Å². The van der Waals surface area contributed by atoms with Gasteiger partial charge in [0.25, 0.3) is 0 Å². The van der Waals surface area contributed by atoms with Crippen LogP contribution in [0, 0.1) is 0 Å². The minimum Gasteiger partial charge on any atom is -0.508 e. The maximum absolute atomic E-state index is 12.2. The lowest BCUT2D eigenvalue weighted by Crippen LogP contribution is -2.66. The molecule has 5 rings (SSSR count). The van der Waals surface area contributed by atoms with Crippen molar-refractivity contribution in [3.05, 3.63) is 76.4 Å². The summed E-state index contributed by atoms with van der Waals surface area (Å²) in [4.78, 5) is 5.90. The number of rotatable bonds is 3. The first-order chi connectivity index (χ1) is 13.9. The molecule has 2 unspecified atom stereocenters. The van der Waals surface area contributed by atoms with Crippen molar-refractivity contribution in [3.8, 4) is 5.75 Å². The second kappa shape index (κ2) is 6.73. The van der Waals surface area contributed by atoms with E-state index < -0.39 is 11.0 Å². The third-order valence-corrected chi connectivity index (χ3v) is 7.41. The first kappa shape index (κ1) is 18.9. The molecule has 1 fully saturated rings. The molecule has 1 saturated heterocycles. The predicted molar refractivity (Wildman–Crippen MR) is 119 cm³/mol. The number of hydrogen-bond acceptors (Lipinski definition) is 3. The van der Waals surface area contributed by atoms with E-state index >= 15 is 0 Å². The SMILES string of the molecule is C=CCN1CCC2(c3cccc(O)c3)Cc3[nH]c4ccc(Br)cc4c3CC2(O)C1. The largest absolute Gasteiger partial charge is 0.508 e. The van der Waals surface area contributed by atoms with Crippen LogP contribution in [0.3, 0.4) is 0 Å². The van der Waals surface area contributed by atoms with Gasteiger partial charge in [0.2, 0.25) is 0 Å². The number of hydrogen-bond donors (Lipinski definition) is 3. The number of aromatic nitrogens is 1. The van der Waals surface area contributed by atoms with Gasteiger partial charge in [-0.1, -0.05) is 34.1 Å². The van der Waals surface area contributed by atoms with Crippen LogP contribution in [-0.2, 0) is 18.3 Å². The fourth-order valence-electron chi connectivity index (χ4n) is 5.54. The van der Waals surface area contributed by atoms with Crippen LogP contribution in [0.1, 0.15) is 23.2 Å². The van der Waals surface area contributed by atoms with Crippen LogP contribution in [0.25, 0.3) is 10.9 Å². The van der Waals surface area contributed by atoms with E-state index in [9.17, 15) is 10.2 Å². The number of aromatic hydroxyl groups is 1. The number of nitrogens with zero attached hydrogens (tertiary/aromatic N) is 1. The number of benzene rings is 2. The molecule has 1 aromatic heterocycles. The highest BCUT2D eigenvalue weighted by Gasteiger charge is 2.57. The van der Waals surface area contributed by atoms with Gasteiger partial charge in [0.15, 0.2) is 0 Å². The maximum atomic E-state index is 12.2. The Morgan fingerprint density at radius 2 is 2.07 bits per heavy atom. The molecule has 0 amide bonds. The van der Waals surface area contributed by atoms with Crippen molar-refractivity contribution in [2.24, 2.45) is 0 Å². The fraction of sp³-hybridized carbons (Fsp3) is 0.333. The predicted octanol–water partition coefficient (Wildman–Crippen LogP) is 4.30. The quantitative estimate of drug-likeness (QED) is 0.519. The number of phenolic OH excluding ortho intramolecular Hbond substituents is 1. The van der Waals surface area contributed by atoms with Crippen LogP contribution in [-0.4, -0.2) is 45.3 Å². The molecule has 1 aliphatic heterocycles. The number of fused-ring (bicyclic) bond motifs is 4. The van der Waals surface area contributed by atoms with Gasteiger partial charge in [-0.2, -0.15) is 0 Å². The van der Waals surface area contributed by atoms with Crippen molar-refractivity contribution in [1.82, 2.24) is 9.88 Å². The zero-order chi connectivity index (χ0) is 20.2. The number of phenols is 1. The minimum absolute atomic E-state index is 0.249. The maximum Gasteiger partial charge on any atom is 0.115 e. The van der Waals surface area contributed by atoms with E-state index in [2.05, 4.69) is 50.6 Å². The first-order valence-corrected chi connectivity index (χ1v) is 10.9. The van der Waals surface area contributed by atoms with E-state index in [-0.39, 0.29) is 5.75 Å². The van der Waals surface area contributed by atoms with Crippen molar-refractivity contribution in [1.29, 1.82) is 0 Å². The van der Waals surface area contributed by atoms with Crippen molar-refractivity contribution in [2.75, 3.05) is 19.6 Å². The summed E-state index contributed by atoms with van der Waals surface area (Å²) in [5.41, 5.74) is 3.17. The van der Waals surface area contributed by atoms with Crippen molar-refractivity contribution < 1.29 is 10.2 Å². The molecule has 150 valence electrons. The van der Waals surface area contributed by atoms with Crippen LogP contribution in [0.4, 0.5) is 0 Å². The third kappa shape index (κ3) is 2.87. The van der Waals surface area contributed by atoms with Gasteiger partial charge in [-0.15, -0.1) is 6.58 Å². The Morgan fingerprint density at radius 3 is 2.86 bits per heavy atom. The summed E-state index contributed by atoms with van der Waals surface area (Å²) >= 11 is 3.59. The molecule has 2 atom stereocenters. The molecule has 0 radical (unpaired) electrons. The second-order valence-electron chi connectivity index (χ2n) is 8.56. The van der Waals surface area contributed by atoms with Crippen molar-refractivity contribution in [2.45, 2.75) is 30.3 Å². The average Bonchev–Trinajstić information content (AvgIpc) is 3.02. The van der Waals surface area contributed by atoms with Crippen molar-refractivity contribution in [3.63, 3.8) is 0 Å². The number of aromatic amines is 1. The molecule has 4 nitrogen and oxygen atoms in total. The van der Waals surface area contributed by atoms with E-state index in [1.165, 1.54) is 16.6 Å². The van der Waals surface area contributed by atoms with Gasteiger partial charge in [0.1, 0.15) is 5.75 Å². The van der Waals surface area contributed by atoms with Crippen LogP contribution in [0.15, 0.2) is 59.6 Å². The number of β-amino-alcohol motifs (C(OH)–C–C–N with tert-alkyl or cyclic N) is 1. The molecule has 0 spiro atoms. The number of aliphatic hydroxyl groups is 1. The van der Waals surface area contributed by atoms with Gasteiger partial charge in [0, 0.05) is 52.4 Å². The van der Waals surface area contributed by atoms with E-state index in [1.54, 1.807) is 6.07 Å². The monoisotopic (exact) mass is 452 g/mol. The molecule has 2 heterocycles. The topological polar surface area (TPSA) is 59.5 Å². The zero-order valence-electron chi connectivity index (χ0n) is 16.3. The zero-order valence-corrected chi connectivity index (χ0v) is 17.9. The smallest absolute Gasteiger partial charge is 0.115 e. The summed E-state index contributed by atoms with van der Waals surface area (Å²) in [6.07, 6.45) is 4.06. The van der Waals surface area contributed by atoms with Crippen LogP contribution in [0.5, 0.6) is 5.75 Å². The Kier molecular flexibility index (Phi) is 4.39. The molecule has 1 aliphatic carbocycles. The molecule has 29 heavy (non-hydrogen) atoms. The van der Waals surface area contributed by atoms with Crippen LogP contribution in [0.2, 0.25) is 0 Å². The van der Waals surface area contributed by atoms with Gasteiger partial charge >= 0.3 is 0 Å². The molecule has 0 saturated carbocycles. The Morgan fingerprint density at radius 1 is 1.21 bits per heavy atom. The molecule has 2 aromatic carbocycles. The highest BCUT2D eigenvalue weighted by Crippen LogP contribution is 2.51. The lowest BCUT2D eigenvalue weighted by atomic mass is 9.56.